The van der Waals surface area contributed by atoms with Gasteiger partial charge >= 0.3 is 0 Å². The number of carbonyl (C=O) groups excluding carboxylic acids is 1. The van der Waals surface area contributed by atoms with Gasteiger partial charge in [-0.15, -0.1) is 11.3 Å². The van der Waals surface area contributed by atoms with Crippen LogP contribution in [-0.2, 0) is 17.6 Å². The Bertz CT molecular complexity index is 1380. The molecule has 0 fully saturated rings. The average Bonchev–Trinajstić information content (AvgIpc) is 3.21. The summed E-state index contributed by atoms with van der Waals surface area (Å²) in [7, 11) is 0. The second-order valence-electron chi connectivity index (χ2n) is 10.5. The third kappa shape index (κ3) is 3.88. The number of thiophene rings is 1. The molecule has 5 rings (SSSR count). The van der Waals surface area contributed by atoms with Gasteiger partial charge in [-0.1, -0.05) is 26.0 Å². The smallest absolute Gasteiger partial charge is 0.162 e. The number of benzene rings is 1. The van der Waals surface area contributed by atoms with E-state index in [2.05, 4.69) is 26.0 Å². The number of fused-ring (bicyclic) bond motifs is 1. The molecule has 3 aliphatic rings. The van der Waals surface area contributed by atoms with E-state index in [1.54, 1.807) is 11.3 Å². The van der Waals surface area contributed by atoms with Crippen LogP contribution in [0.2, 0.25) is 0 Å². The van der Waals surface area contributed by atoms with E-state index in [1.165, 1.54) is 4.88 Å². The number of ether oxygens (including phenoxy) is 1. The number of nitrogens with two attached hydrogens (primary N) is 1. The Kier molecular flexibility index (Phi) is 6.14. The number of carbonyl (C=O) groups is 1. The van der Waals surface area contributed by atoms with E-state index in [9.17, 15) is 15.3 Å². The van der Waals surface area contributed by atoms with Gasteiger partial charge in [-0.3, -0.25) is 9.69 Å². The summed E-state index contributed by atoms with van der Waals surface area (Å²) in [6.07, 6.45) is 5.02. The van der Waals surface area contributed by atoms with Crippen LogP contribution >= 0.6 is 11.3 Å². The van der Waals surface area contributed by atoms with Crippen molar-refractivity contribution in [3.8, 4) is 17.9 Å². The fourth-order valence-corrected chi connectivity index (χ4v) is 7.20. The molecule has 7 heteroatoms. The maximum atomic E-state index is 13.7. The monoisotopic (exact) mass is 498 g/mol. The largest absolute Gasteiger partial charge is 0.494 e. The second-order valence-corrected chi connectivity index (χ2v) is 11.6. The number of aryl methyl sites for hydroxylation is 1. The summed E-state index contributed by atoms with van der Waals surface area (Å²) in [5.74, 6) is 0.545. The molecule has 2 heterocycles. The molecule has 184 valence electrons. The highest BCUT2D eigenvalue weighted by Gasteiger charge is 2.45. The lowest BCUT2D eigenvalue weighted by molar-refractivity contribution is -0.118. The summed E-state index contributed by atoms with van der Waals surface area (Å²) in [4.78, 5) is 16.8. The van der Waals surface area contributed by atoms with Crippen LogP contribution in [0, 0.1) is 28.1 Å². The van der Waals surface area contributed by atoms with Gasteiger partial charge in [0.2, 0.25) is 0 Å². The van der Waals surface area contributed by atoms with Crippen molar-refractivity contribution < 1.29 is 9.53 Å². The summed E-state index contributed by atoms with van der Waals surface area (Å²) in [5, 5.41) is 21.2. The lowest BCUT2D eigenvalue weighted by Crippen LogP contribution is -2.42. The zero-order valence-corrected chi connectivity index (χ0v) is 21.8. The summed E-state index contributed by atoms with van der Waals surface area (Å²) < 4.78 is 5.60. The number of anilines is 1. The molecule has 0 unspecified atom stereocenters. The summed E-state index contributed by atoms with van der Waals surface area (Å²) >= 11 is 1.59. The van der Waals surface area contributed by atoms with Gasteiger partial charge in [0.1, 0.15) is 22.6 Å². The van der Waals surface area contributed by atoms with E-state index >= 15 is 0 Å². The summed E-state index contributed by atoms with van der Waals surface area (Å²) in [6.45, 7) is 6.66. The van der Waals surface area contributed by atoms with E-state index in [0.29, 0.717) is 42.0 Å². The van der Waals surface area contributed by atoms with E-state index < -0.39 is 5.92 Å². The third-order valence-corrected chi connectivity index (χ3v) is 8.65. The standard InChI is InChI=1S/C29H30N4O2S/c1-4-35-18-11-9-17(10-12-18)25-21(16-31)27(32)33(22-13-29(2,3)14-23(34)26(22)25)28-20(15-30)19-7-5-6-8-24(19)36-28/h9-12,25H,4-8,13-14,32H2,1-3H3/t25-/m0/s1. The van der Waals surface area contributed by atoms with Crippen molar-refractivity contribution >= 4 is 22.1 Å². The minimum Gasteiger partial charge on any atom is -0.494 e. The predicted molar refractivity (Wildman–Crippen MR) is 140 cm³/mol. The first-order valence-electron chi connectivity index (χ1n) is 12.5. The van der Waals surface area contributed by atoms with Gasteiger partial charge in [0.15, 0.2) is 5.78 Å². The molecular weight excluding hydrogens is 468 g/mol. The lowest BCUT2D eigenvalue weighted by Gasteiger charge is -2.43. The molecule has 2 aromatic rings. The number of rotatable bonds is 4. The van der Waals surface area contributed by atoms with Gasteiger partial charge in [-0.2, -0.15) is 10.5 Å². The highest BCUT2D eigenvalue weighted by Crippen LogP contribution is 2.52. The second kappa shape index (κ2) is 9.15. The Morgan fingerprint density at radius 1 is 1.14 bits per heavy atom. The van der Waals surface area contributed by atoms with Crippen LogP contribution in [0.25, 0.3) is 0 Å². The van der Waals surface area contributed by atoms with Crippen LogP contribution in [-0.4, -0.2) is 12.4 Å². The molecule has 1 aliphatic heterocycles. The molecular formula is C29H30N4O2S. The van der Waals surface area contributed by atoms with Crippen LogP contribution in [0.4, 0.5) is 5.00 Å². The summed E-state index contributed by atoms with van der Waals surface area (Å²) in [6, 6.07) is 12.3. The lowest BCUT2D eigenvalue weighted by atomic mass is 9.68. The predicted octanol–water partition coefficient (Wildman–Crippen LogP) is 5.84. The Labute approximate surface area is 216 Å². The van der Waals surface area contributed by atoms with Gasteiger partial charge in [0.05, 0.1) is 29.7 Å². The highest BCUT2D eigenvalue weighted by molar-refractivity contribution is 7.16. The van der Waals surface area contributed by atoms with E-state index in [1.807, 2.05) is 36.1 Å². The van der Waals surface area contributed by atoms with Crippen molar-refractivity contribution in [3.63, 3.8) is 0 Å². The van der Waals surface area contributed by atoms with Gasteiger partial charge in [0, 0.05) is 22.6 Å². The Morgan fingerprint density at radius 2 is 1.86 bits per heavy atom. The van der Waals surface area contributed by atoms with Crippen LogP contribution < -0.4 is 15.4 Å². The maximum Gasteiger partial charge on any atom is 0.162 e. The molecule has 0 bridgehead atoms. The minimum absolute atomic E-state index is 0.0326. The molecule has 1 aromatic carbocycles. The average molecular weight is 499 g/mol. The number of allylic oxidation sites excluding steroid dienone is 3. The first-order valence-corrected chi connectivity index (χ1v) is 13.3. The highest BCUT2D eigenvalue weighted by atomic mass is 32.1. The molecule has 0 radical (unpaired) electrons. The number of nitrogens with zero attached hydrogens (tertiary/aromatic N) is 3. The molecule has 1 aromatic heterocycles. The van der Waals surface area contributed by atoms with Crippen molar-refractivity contribution in [2.45, 2.75) is 65.2 Å². The molecule has 0 saturated heterocycles. The van der Waals surface area contributed by atoms with Crippen molar-refractivity contribution in [2.75, 3.05) is 11.5 Å². The van der Waals surface area contributed by atoms with Crippen molar-refractivity contribution in [1.29, 1.82) is 10.5 Å². The number of hydrogen-bond acceptors (Lipinski definition) is 7. The van der Waals surface area contributed by atoms with E-state index in [-0.39, 0.29) is 11.2 Å². The molecule has 0 spiro atoms. The molecule has 0 amide bonds. The topological polar surface area (TPSA) is 103 Å². The fourth-order valence-electron chi connectivity index (χ4n) is 5.82. The number of Topliss-reactive ketones (excluding diaryl/α,β-unsaturated/α-hetero) is 1. The number of hydrogen-bond donors (Lipinski definition) is 1. The molecule has 6 nitrogen and oxygen atoms in total. The number of ketones is 1. The third-order valence-electron chi connectivity index (χ3n) is 7.37. The zero-order valence-electron chi connectivity index (χ0n) is 21.0. The Hall–Kier alpha value is -3.55. The first-order chi connectivity index (χ1) is 17.3. The molecule has 2 N–H and O–H groups in total. The Balaban J connectivity index is 1.74. The van der Waals surface area contributed by atoms with Gasteiger partial charge < -0.3 is 10.5 Å². The minimum atomic E-state index is -0.541. The van der Waals surface area contributed by atoms with Crippen molar-refractivity contribution in [2.24, 2.45) is 11.1 Å². The first kappa shape index (κ1) is 24.2. The Morgan fingerprint density at radius 3 is 2.53 bits per heavy atom. The van der Waals surface area contributed by atoms with Crippen LogP contribution in [0.5, 0.6) is 5.75 Å². The molecule has 0 saturated carbocycles. The van der Waals surface area contributed by atoms with Crippen LogP contribution in [0.3, 0.4) is 0 Å². The molecule has 2 aliphatic carbocycles. The van der Waals surface area contributed by atoms with E-state index in [0.717, 1.165) is 53.3 Å². The van der Waals surface area contributed by atoms with Gasteiger partial charge in [0.25, 0.3) is 0 Å². The van der Waals surface area contributed by atoms with Crippen molar-refractivity contribution in [1.82, 2.24) is 0 Å². The molecule has 1 atom stereocenters. The van der Waals surface area contributed by atoms with E-state index in [4.69, 9.17) is 10.5 Å². The SMILES string of the molecule is CCOc1ccc([C@H]2C(C#N)=C(N)N(c3sc4c(c3C#N)CCCC4)C3=C2C(=O)CC(C)(C)C3)cc1. The van der Waals surface area contributed by atoms with Gasteiger partial charge in [-0.05, 0) is 67.7 Å². The van der Waals surface area contributed by atoms with Crippen LogP contribution in [0.15, 0.2) is 46.9 Å². The zero-order chi connectivity index (χ0) is 25.6. The van der Waals surface area contributed by atoms with Gasteiger partial charge in [-0.25, -0.2) is 0 Å². The quantitative estimate of drug-likeness (QED) is 0.568. The van der Waals surface area contributed by atoms with Crippen LogP contribution in [0.1, 0.15) is 73.9 Å². The fraction of sp³-hybridized carbons (Fsp3) is 0.414. The van der Waals surface area contributed by atoms with Crippen molar-refractivity contribution in [3.05, 3.63) is 68.5 Å². The normalized spacial score (nSPS) is 21.0. The summed E-state index contributed by atoms with van der Waals surface area (Å²) in [5.41, 5.74) is 10.9. The number of nitriles is 2. The maximum absolute atomic E-state index is 13.7. The molecule has 36 heavy (non-hydrogen) atoms.